The van der Waals surface area contributed by atoms with Crippen LogP contribution in [-0.2, 0) is 19.8 Å². The summed E-state index contributed by atoms with van der Waals surface area (Å²) in [6, 6.07) is 5.97. The van der Waals surface area contributed by atoms with Gasteiger partial charge in [0, 0.05) is 28.7 Å². The molecule has 0 aliphatic heterocycles. The minimum atomic E-state index is -0.728. The minimum Gasteiger partial charge on any atom is -0.498 e. The van der Waals surface area contributed by atoms with E-state index in [0.717, 1.165) is 20.3 Å². The van der Waals surface area contributed by atoms with E-state index in [1.807, 2.05) is 36.4 Å². The minimum absolute atomic E-state index is 0.347. The van der Waals surface area contributed by atoms with Gasteiger partial charge < -0.3 is 14.2 Å². The molecule has 1 aliphatic rings. The fourth-order valence-corrected chi connectivity index (χ4v) is 3.82. The zero-order chi connectivity index (χ0) is 14.8. The summed E-state index contributed by atoms with van der Waals surface area (Å²) < 4.78 is 18.8. The van der Waals surface area contributed by atoms with E-state index < -0.39 is 5.60 Å². The zero-order valence-corrected chi connectivity index (χ0v) is 14.7. The molecule has 20 heavy (non-hydrogen) atoms. The van der Waals surface area contributed by atoms with E-state index in [-0.39, 0.29) is 6.10 Å². The topological polar surface area (TPSA) is 27.7 Å². The third-order valence-electron chi connectivity index (χ3n) is 3.41. The van der Waals surface area contributed by atoms with Gasteiger partial charge >= 0.3 is 0 Å². The number of allylic oxidation sites excluding steroid dienone is 2. The van der Waals surface area contributed by atoms with Crippen molar-refractivity contribution < 1.29 is 14.2 Å². The van der Waals surface area contributed by atoms with Gasteiger partial charge in [0.2, 0.25) is 0 Å². The summed E-state index contributed by atoms with van der Waals surface area (Å²) in [6.07, 6.45) is 5.45. The summed E-state index contributed by atoms with van der Waals surface area (Å²) in [7, 11) is 4.95. The molecule has 0 saturated carbocycles. The first-order chi connectivity index (χ1) is 9.58. The highest BCUT2D eigenvalue weighted by molar-refractivity contribution is 9.11. The van der Waals surface area contributed by atoms with Crippen LogP contribution in [0.25, 0.3) is 0 Å². The van der Waals surface area contributed by atoms with Crippen molar-refractivity contribution in [1.82, 2.24) is 0 Å². The van der Waals surface area contributed by atoms with Crippen LogP contribution in [0.3, 0.4) is 0 Å². The quantitative estimate of drug-likeness (QED) is 0.755. The molecule has 108 valence electrons. The van der Waals surface area contributed by atoms with Gasteiger partial charge in [-0.3, -0.25) is 0 Å². The Morgan fingerprint density at radius 2 is 1.90 bits per heavy atom. The van der Waals surface area contributed by atoms with E-state index >= 15 is 0 Å². The van der Waals surface area contributed by atoms with E-state index in [9.17, 15) is 0 Å². The molecule has 1 aromatic carbocycles. The van der Waals surface area contributed by atoms with E-state index in [4.69, 9.17) is 14.2 Å². The number of methoxy groups -OCH3 is 3. The normalized spacial score (nSPS) is 25.4. The number of ether oxygens (including phenoxy) is 3. The Morgan fingerprint density at radius 1 is 1.15 bits per heavy atom. The third kappa shape index (κ3) is 2.60. The summed E-state index contributed by atoms with van der Waals surface area (Å²) in [5.74, 6) is 0.728. The number of halogens is 2. The second kappa shape index (κ2) is 6.43. The van der Waals surface area contributed by atoms with E-state index in [1.54, 1.807) is 21.3 Å². The van der Waals surface area contributed by atoms with Crippen molar-refractivity contribution in [2.45, 2.75) is 11.7 Å². The van der Waals surface area contributed by atoms with Crippen LogP contribution in [0.15, 0.2) is 51.1 Å². The number of benzene rings is 1. The van der Waals surface area contributed by atoms with Crippen molar-refractivity contribution in [3.63, 3.8) is 0 Å². The van der Waals surface area contributed by atoms with Gasteiger partial charge in [-0.05, 0) is 24.3 Å². The van der Waals surface area contributed by atoms with Crippen LogP contribution in [0.4, 0.5) is 0 Å². The Kier molecular flexibility index (Phi) is 5.07. The lowest BCUT2D eigenvalue weighted by Crippen LogP contribution is -2.44. The number of hydrogen-bond donors (Lipinski definition) is 0. The lowest BCUT2D eigenvalue weighted by atomic mass is 9.83. The third-order valence-corrected chi connectivity index (χ3v) is 4.56. The molecule has 1 aromatic rings. The van der Waals surface area contributed by atoms with Crippen molar-refractivity contribution >= 4 is 31.9 Å². The van der Waals surface area contributed by atoms with Crippen LogP contribution in [0.2, 0.25) is 0 Å². The molecule has 0 spiro atoms. The summed E-state index contributed by atoms with van der Waals surface area (Å²) in [5.41, 5.74) is 0.253. The molecule has 3 nitrogen and oxygen atoms in total. The van der Waals surface area contributed by atoms with Gasteiger partial charge in [0.1, 0.15) is 11.4 Å². The largest absolute Gasteiger partial charge is 0.498 e. The molecule has 0 saturated heterocycles. The van der Waals surface area contributed by atoms with Crippen LogP contribution in [0.1, 0.15) is 5.56 Å². The van der Waals surface area contributed by atoms with Crippen molar-refractivity contribution in [3.05, 3.63) is 56.7 Å². The van der Waals surface area contributed by atoms with Gasteiger partial charge in [-0.2, -0.15) is 0 Å². The van der Waals surface area contributed by atoms with Gasteiger partial charge in [-0.1, -0.05) is 44.0 Å². The van der Waals surface area contributed by atoms with Gasteiger partial charge in [-0.25, -0.2) is 0 Å². The first-order valence-corrected chi connectivity index (χ1v) is 7.64. The van der Waals surface area contributed by atoms with Gasteiger partial charge in [0.15, 0.2) is 6.10 Å². The van der Waals surface area contributed by atoms with Crippen LogP contribution in [0, 0.1) is 0 Å². The predicted octanol–water partition coefficient (Wildman–Crippen LogP) is 4.17. The van der Waals surface area contributed by atoms with Crippen molar-refractivity contribution in [3.8, 4) is 0 Å². The average molecular weight is 404 g/mol. The smallest absolute Gasteiger partial charge is 0.151 e. The highest BCUT2D eigenvalue weighted by atomic mass is 79.9. The Morgan fingerprint density at radius 3 is 2.45 bits per heavy atom. The Hall–Kier alpha value is -0.620. The van der Waals surface area contributed by atoms with E-state index in [2.05, 4.69) is 31.9 Å². The van der Waals surface area contributed by atoms with Gasteiger partial charge in [0.25, 0.3) is 0 Å². The Bertz CT molecular complexity index is 554. The van der Waals surface area contributed by atoms with Crippen molar-refractivity contribution in [2.24, 2.45) is 0 Å². The maximum Gasteiger partial charge on any atom is 0.151 e. The molecule has 0 radical (unpaired) electrons. The maximum atomic E-state index is 5.84. The molecule has 2 unspecified atom stereocenters. The second-order valence-corrected chi connectivity index (χ2v) is 6.14. The molecular formula is C15H16Br2O3. The summed E-state index contributed by atoms with van der Waals surface area (Å²) >= 11 is 7.06. The van der Waals surface area contributed by atoms with Crippen LogP contribution in [-0.4, -0.2) is 27.4 Å². The van der Waals surface area contributed by atoms with Crippen LogP contribution in [0.5, 0.6) is 0 Å². The Labute approximate surface area is 135 Å². The summed E-state index contributed by atoms with van der Waals surface area (Å²) in [5, 5.41) is 0. The number of rotatable bonds is 4. The molecule has 0 heterocycles. The molecule has 1 aliphatic carbocycles. The molecule has 0 bridgehead atoms. The Balaban J connectivity index is 2.58. The van der Waals surface area contributed by atoms with Gasteiger partial charge in [-0.15, -0.1) is 0 Å². The lowest BCUT2D eigenvalue weighted by molar-refractivity contribution is -0.0940. The highest BCUT2D eigenvalue weighted by Gasteiger charge is 2.44. The molecule has 2 rings (SSSR count). The SMILES string of the molecule is COC1=CC=CC(OC)(c2ccc(Br)cc2Br)C1OC. The molecule has 0 amide bonds. The first-order valence-electron chi connectivity index (χ1n) is 6.06. The molecular weight excluding hydrogens is 388 g/mol. The van der Waals surface area contributed by atoms with Crippen molar-refractivity contribution in [1.29, 1.82) is 0 Å². The number of hydrogen-bond acceptors (Lipinski definition) is 3. The van der Waals surface area contributed by atoms with Gasteiger partial charge in [0.05, 0.1) is 7.11 Å². The molecule has 0 fully saturated rings. The predicted molar refractivity (Wildman–Crippen MR) is 85.6 cm³/mol. The molecule has 5 heteroatoms. The van der Waals surface area contributed by atoms with Crippen LogP contribution < -0.4 is 0 Å². The summed E-state index contributed by atoms with van der Waals surface area (Å²) in [6.45, 7) is 0. The highest BCUT2D eigenvalue weighted by Crippen LogP contribution is 2.42. The molecule has 0 N–H and O–H groups in total. The second-order valence-electron chi connectivity index (χ2n) is 4.37. The lowest BCUT2D eigenvalue weighted by Gasteiger charge is -2.39. The first kappa shape index (κ1) is 15.8. The monoisotopic (exact) mass is 402 g/mol. The summed E-state index contributed by atoms with van der Waals surface area (Å²) in [4.78, 5) is 0. The zero-order valence-electron chi connectivity index (χ0n) is 11.5. The van der Waals surface area contributed by atoms with E-state index in [0.29, 0.717) is 0 Å². The fourth-order valence-electron chi connectivity index (χ4n) is 2.46. The molecule has 0 aromatic heterocycles. The standard InChI is InChI=1S/C15H16Br2O3/c1-18-13-5-4-8-15(20-3,14(13)19-2)11-7-6-10(16)9-12(11)17/h4-9,14H,1-3H3. The molecule has 2 atom stereocenters. The van der Waals surface area contributed by atoms with Crippen LogP contribution >= 0.6 is 31.9 Å². The fraction of sp³-hybridized carbons (Fsp3) is 0.333. The maximum absolute atomic E-state index is 5.84. The van der Waals surface area contributed by atoms with Crippen molar-refractivity contribution in [2.75, 3.05) is 21.3 Å². The van der Waals surface area contributed by atoms with E-state index in [1.165, 1.54) is 0 Å². The average Bonchev–Trinajstić information content (AvgIpc) is 2.46.